The van der Waals surface area contributed by atoms with Gasteiger partial charge in [0, 0.05) is 0 Å². The molecule has 0 saturated carbocycles. The Morgan fingerprint density at radius 1 is 1.33 bits per heavy atom. The van der Waals surface area contributed by atoms with Crippen LogP contribution in [0.25, 0.3) is 0 Å². The predicted octanol–water partition coefficient (Wildman–Crippen LogP) is -1.40. The number of terminal acetylenes is 1. The molecule has 130 valence electrons. The summed E-state index contributed by atoms with van der Waals surface area (Å²) in [4.78, 5) is 11.8. The summed E-state index contributed by atoms with van der Waals surface area (Å²) in [5.41, 5.74) is 0. The van der Waals surface area contributed by atoms with Gasteiger partial charge in [-0.1, -0.05) is 5.92 Å². The van der Waals surface area contributed by atoms with Crippen molar-refractivity contribution in [1.82, 2.24) is 9.62 Å². The van der Waals surface area contributed by atoms with E-state index in [1.54, 1.807) is 0 Å². The third kappa shape index (κ3) is 4.29. The van der Waals surface area contributed by atoms with E-state index in [2.05, 4.69) is 11.2 Å². The van der Waals surface area contributed by atoms with Gasteiger partial charge in [-0.05, 0) is 18.2 Å². The van der Waals surface area contributed by atoms with Crippen molar-refractivity contribution in [3.63, 3.8) is 0 Å². The number of hydrogen-bond donors (Lipinski definition) is 2. The van der Waals surface area contributed by atoms with Gasteiger partial charge in [-0.2, -0.15) is 4.31 Å². The molecule has 6 nitrogen and oxygen atoms in total. The molecule has 1 saturated heterocycles. The van der Waals surface area contributed by atoms with Gasteiger partial charge in [-0.15, -0.1) is 6.42 Å². The zero-order chi connectivity index (χ0) is 17.7. The standard InChI is InChI=1S/C15H17F2N3O3S/c1-2-5-18-15(21)11-19-6-8-20(9-7-19)24(22,23)14-10-12(16)3-4-13(14)17/h1,3-4,10H,5-9,11H2,(H,18,21)/p+1. The molecule has 1 aromatic carbocycles. The van der Waals surface area contributed by atoms with Crippen molar-refractivity contribution >= 4 is 15.9 Å². The number of amides is 1. The van der Waals surface area contributed by atoms with Gasteiger partial charge in [0.15, 0.2) is 6.54 Å². The van der Waals surface area contributed by atoms with Crippen LogP contribution in [0.3, 0.4) is 0 Å². The zero-order valence-electron chi connectivity index (χ0n) is 12.9. The third-order valence-electron chi connectivity index (χ3n) is 3.74. The summed E-state index contributed by atoms with van der Waals surface area (Å²) in [6.45, 7) is 1.35. The molecule has 0 bridgehead atoms. The summed E-state index contributed by atoms with van der Waals surface area (Å²) in [6.07, 6.45) is 5.05. The number of quaternary nitrogens is 1. The number of rotatable bonds is 5. The van der Waals surface area contributed by atoms with E-state index in [0.717, 1.165) is 21.3 Å². The van der Waals surface area contributed by atoms with Crippen molar-refractivity contribution in [3.8, 4) is 12.3 Å². The minimum atomic E-state index is -4.10. The van der Waals surface area contributed by atoms with Crippen LogP contribution in [0.4, 0.5) is 8.78 Å². The summed E-state index contributed by atoms with van der Waals surface area (Å²) in [5, 5.41) is 2.54. The van der Waals surface area contributed by atoms with E-state index in [9.17, 15) is 22.0 Å². The zero-order valence-corrected chi connectivity index (χ0v) is 13.7. The van der Waals surface area contributed by atoms with Crippen LogP contribution in [0.5, 0.6) is 0 Å². The largest absolute Gasteiger partial charge is 0.340 e. The molecule has 0 spiro atoms. The van der Waals surface area contributed by atoms with Crippen molar-refractivity contribution in [1.29, 1.82) is 0 Å². The molecule has 1 aromatic rings. The van der Waals surface area contributed by atoms with Crippen LogP contribution in [0, 0.1) is 24.0 Å². The molecule has 0 aromatic heterocycles. The maximum atomic E-state index is 13.7. The fourth-order valence-corrected chi connectivity index (χ4v) is 3.99. The van der Waals surface area contributed by atoms with E-state index in [-0.39, 0.29) is 32.1 Å². The number of nitrogens with one attached hydrogen (secondary N) is 2. The van der Waals surface area contributed by atoms with E-state index < -0.39 is 26.6 Å². The van der Waals surface area contributed by atoms with Crippen LogP contribution in [0.15, 0.2) is 23.1 Å². The fourth-order valence-electron chi connectivity index (χ4n) is 2.47. The molecule has 1 amide bonds. The molecular formula is C15H18F2N3O3S+. The lowest BCUT2D eigenvalue weighted by atomic mass is 10.3. The van der Waals surface area contributed by atoms with Gasteiger partial charge in [-0.3, -0.25) is 4.79 Å². The quantitative estimate of drug-likeness (QED) is 0.637. The molecule has 2 rings (SSSR count). The average Bonchev–Trinajstić information content (AvgIpc) is 2.55. The van der Waals surface area contributed by atoms with Gasteiger partial charge in [0.05, 0.1) is 32.7 Å². The normalized spacial score (nSPS) is 16.5. The smallest absolute Gasteiger partial charge is 0.275 e. The number of sulfonamides is 1. The highest BCUT2D eigenvalue weighted by atomic mass is 32.2. The number of carbonyl (C=O) groups is 1. The lowest BCUT2D eigenvalue weighted by Crippen LogP contribution is -3.15. The Balaban J connectivity index is 2.00. The molecule has 0 radical (unpaired) electrons. The highest BCUT2D eigenvalue weighted by Crippen LogP contribution is 2.20. The van der Waals surface area contributed by atoms with E-state index in [4.69, 9.17) is 6.42 Å². The molecule has 1 fully saturated rings. The first-order chi connectivity index (χ1) is 11.3. The summed E-state index contributed by atoms with van der Waals surface area (Å²) in [6, 6.07) is 2.34. The van der Waals surface area contributed by atoms with Crippen molar-refractivity contribution < 1.29 is 26.9 Å². The second kappa shape index (κ2) is 7.70. The summed E-state index contributed by atoms with van der Waals surface area (Å²) in [5.74, 6) is 0.282. The Hall–Kier alpha value is -2.02. The fraction of sp³-hybridized carbons (Fsp3) is 0.400. The molecule has 0 atom stereocenters. The Bertz CT molecular complexity index is 754. The van der Waals surface area contributed by atoms with Gasteiger partial charge in [0.1, 0.15) is 16.5 Å². The number of piperazine rings is 1. The number of benzene rings is 1. The summed E-state index contributed by atoms with van der Waals surface area (Å²) < 4.78 is 53.0. The Kier molecular flexibility index (Phi) is 5.88. The predicted molar refractivity (Wildman–Crippen MR) is 82.5 cm³/mol. The lowest BCUT2D eigenvalue weighted by Gasteiger charge is -2.31. The first kappa shape index (κ1) is 18.3. The maximum Gasteiger partial charge on any atom is 0.275 e. The van der Waals surface area contributed by atoms with Gasteiger partial charge in [0.25, 0.3) is 5.91 Å². The van der Waals surface area contributed by atoms with E-state index in [1.807, 2.05) is 0 Å². The first-order valence-corrected chi connectivity index (χ1v) is 8.77. The molecule has 2 N–H and O–H groups in total. The Morgan fingerprint density at radius 2 is 2.00 bits per heavy atom. The molecule has 1 aliphatic rings. The topological polar surface area (TPSA) is 70.9 Å². The van der Waals surface area contributed by atoms with Crippen molar-refractivity contribution in [2.24, 2.45) is 0 Å². The maximum absolute atomic E-state index is 13.7. The number of nitrogens with zero attached hydrogens (tertiary/aromatic N) is 1. The van der Waals surface area contributed by atoms with E-state index >= 15 is 0 Å². The SMILES string of the molecule is C#CCNC(=O)C[NH+]1CCN(S(=O)(=O)c2cc(F)ccc2F)CC1. The van der Waals surface area contributed by atoms with Gasteiger partial charge >= 0.3 is 0 Å². The lowest BCUT2D eigenvalue weighted by molar-refractivity contribution is -0.895. The van der Waals surface area contributed by atoms with Crippen LogP contribution < -0.4 is 10.2 Å². The second-order valence-electron chi connectivity index (χ2n) is 5.39. The molecule has 0 unspecified atom stereocenters. The van der Waals surface area contributed by atoms with Crippen LogP contribution in [0.1, 0.15) is 0 Å². The van der Waals surface area contributed by atoms with Crippen molar-refractivity contribution in [2.45, 2.75) is 4.90 Å². The van der Waals surface area contributed by atoms with E-state index in [1.165, 1.54) is 0 Å². The van der Waals surface area contributed by atoms with Crippen molar-refractivity contribution in [3.05, 3.63) is 29.8 Å². The average molecular weight is 358 g/mol. The van der Waals surface area contributed by atoms with Gasteiger partial charge < -0.3 is 10.2 Å². The Morgan fingerprint density at radius 3 is 2.62 bits per heavy atom. The molecule has 1 aliphatic heterocycles. The number of halogens is 2. The first-order valence-electron chi connectivity index (χ1n) is 7.33. The Labute approximate surface area is 139 Å². The minimum Gasteiger partial charge on any atom is -0.340 e. The summed E-state index contributed by atoms with van der Waals surface area (Å²) in [7, 11) is -4.10. The summed E-state index contributed by atoms with van der Waals surface area (Å²) >= 11 is 0. The highest BCUT2D eigenvalue weighted by molar-refractivity contribution is 7.89. The molecule has 0 aliphatic carbocycles. The highest BCUT2D eigenvalue weighted by Gasteiger charge is 2.33. The third-order valence-corrected chi connectivity index (χ3v) is 5.65. The minimum absolute atomic E-state index is 0.121. The molecular weight excluding hydrogens is 340 g/mol. The second-order valence-corrected chi connectivity index (χ2v) is 7.29. The van der Waals surface area contributed by atoms with E-state index in [0.29, 0.717) is 19.2 Å². The van der Waals surface area contributed by atoms with Crippen molar-refractivity contribution in [2.75, 3.05) is 39.3 Å². The van der Waals surface area contributed by atoms with Crippen LogP contribution >= 0.6 is 0 Å². The molecule has 24 heavy (non-hydrogen) atoms. The van der Waals surface area contributed by atoms with Crippen LogP contribution in [-0.4, -0.2) is 57.9 Å². The molecule has 1 heterocycles. The monoisotopic (exact) mass is 358 g/mol. The number of carbonyl (C=O) groups excluding carboxylic acids is 1. The molecule has 9 heteroatoms. The van der Waals surface area contributed by atoms with Crippen LogP contribution in [0.2, 0.25) is 0 Å². The number of hydrogen-bond acceptors (Lipinski definition) is 3. The van der Waals surface area contributed by atoms with Gasteiger partial charge in [0.2, 0.25) is 10.0 Å². The van der Waals surface area contributed by atoms with Crippen LogP contribution in [-0.2, 0) is 14.8 Å². The van der Waals surface area contributed by atoms with Gasteiger partial charge in [-0.25, -0.2) is 17.2 Å².